The predicted molar refractivity (Wildman–Crippen MR) is 62.6 cm³/mol. The fraction of sp³-hybridized carbons (Fsp3) is 0.364. The van der Waals surface area contributed by atoms with Crippen molar-refractivity contribution in [3.05, 3.63) is 45.8 Å². The molecule has 0 heterocycles. The van der Waals surface area contributed by atoms with Gasteiger partial charge >= 0.3 is 0 Å². The number of ether oxygens (including phenoxy) is 1. The molecule has 0 aromatic heterocycles. The Morgan fingerprint density at radius 1 is 1.44 bits per heavy atom. The van der Waals surface area contributed by atoms with E-state index in [9.17, 15) is 0 Å². The molecule has 5 heteroatoms. The second-order valence-electron chi connectivity index (χ2n) is 3.16. The van der Waals surface area contributed by atoms with Crippen LogP contribution in [0, 0.1) is 5.41 Å². The fourth-order valence-corrected chi connectivity index (χ4v) is 1.27. The van der Waals surface area contributed by atoms with E-state index in [0.717, 1.165) is 11.1 Å². The number of benzene rings is 1. The molecule has 0 aliphatic carbocycles. The van der Waals surface area contributed by atoms with Gasteiger partial charge in [0.05, 0.1) is 6.61 Å². The second-order valence-corrected chi connectivity index (χ2v) is 3.16. The minimum atomic E-state index is 0.184. The van der Waals surface area contributed by atoms with E-state index in [2.05, 4.69) is 10.0 Å². The Morgan fingerprint density at radius 2 is 2.12 bits per heavy atom. The molecule has 1 N–H and O–H groups in total. The monoisotopic (exact) mass is 218 g/mol. The van der Waals surface area contributed by atoms with Crippen LogP contribution in [-0.4, -0.2) is 19.0 Å². The molecule has 1 rings (SSSR count). The van der Waals surface area contributed by atoms with E-state index in [-0.39, 0.29) is 5.90 Å². The zero-order chi connectivity index (χ0) is 11.8. The highest BCUT2D eigenvalue weighted by Gasteiger charge is 2.01. The Kier molecular flexibility index (Phi) is 4.89. The van der Waals surface area contributed by atoms with Crippen LogP contribution in [0.15, 0.2) is 29.4 Å². The van der Waals surface area contributed by atoms with Crippen LogP contribution in [0.4, 0.5) is 0 Å². The SMILES string of the molecule is CCOC(=N)c1ccc(CCN=[N+]=[N-])cc1. The maximum absolute atomic E-state index is 8.13. The zero-order valence-electron chi connectivity index (χ0n) is 9.18. The molecule has 0 aliphatic rings. The molecule has 0 spiro atoms. The molecule has 1 aromatic carbocycles. The molecule has 0 bridgehead atoms. The van der Waals surface area contributed by atoms with Crippen molar-refractivity contribution >= 4 is 5.90 Å². The minimum Gasteiger partial charge on any atom is -0.478 e. The third-order valence-corrected chi connectivity index (χ3v) is 2.07. The molecule has 0 atom stereocenters. The lowest BCUT2D eigenvalue weighted by Crippen LogP contribution is -2.04. The van der Waals surface area contributed by atoms with E-state index in [1.54, 1.807) is 0 Å². The van der Waals surface area contributed by atoms with Crippen LogP contribution in [0.5, 0.6) is 0 Å². The second kappa shape index (κ2) is 6.48. The Balaban J connectivity index is 2.60. The molecule has 0 amide bonds. The number of nitrogens with one attached hydrogen (secondary N) is 1. The third-order valence-electron chi connectivity index (χ3n) is 2.07. The van der Waals surface area contributed by atoms with E-state index in [1.807, 2.05) is 31.2 Å². The van der Waals surface area contributed by atoms with Crippen molar-refractivity contribution in [2.75, 3.05) is 13.2 Å². The average molecular weight is 218 g/mol. The first-order valence-electron chi connectivity index (χ1n) is 5.09. The standard InChI is InChI=1S/C11H14N4O/c1-2-16-11(12)10-5-3-9(4-6-10)7-8-14-15-13/h3-6,12H,2,7-8H2,1H3. The Morgan fingerprint density at radius 3 is 2.69 bits per heavy atom. The molecular formula is C11H14N4O. The van der Waals surface area contributed by atoms with E-state index in [4.69, 9.17) is 15.7 Å². The zero-order valence-corrected chi connectivity index (χ0v) is 9.18. The number of hydrogen-bond donors (Lipinski definition) is 1. The van der Waals surface area contributed by atoms with E-state index in [1.165, 1.54) is 0 Å². The van der Waals surface area contributed by atoms with Gasteiger partial charge in [-0.2, -0.15) is 0 Å². The average Bonchev–Trinajstić information content (AvgIpc) is 2.30. The van der Waals surface area contributed by atoms with Crippen LogP contribution in [-0.2, 0) is 11.2 Å². The first-order valence-corrected chi connectivity index (χ1v) is 5.09. The molecule has 0 fully saturated rings. The largest absolute Gasteiger partial charge is 0.478 e. The fourth-order valence-electron chi connectivity index (χ4n) is 1.27. The summed E-state index contributed by atoms with van der Waals surface area (Å²) in [7, 11) is 0. The smallest absolute Gasteiger partial charge is 0.213 e. The highest BCUT2D eigenvalue weighted by molar-refractivity contribution is 5.91. The van der Waals surface area contributed by atoms with Crippen LogP contribution in [0.25, 0.3) is 10.4 Å². The summed E-state index contributed by atoms with van der Waals surface area (Å²) in [5.74, 6) is 0.184. The Labute approximate surface area is 94.2 Å². The van der Waals surface area contributed by atoms with Gasteiger partial charge in [0.1, 0.15) is 0 Å². The topological polar surface area (TPSA) is 81.8 Å². The molecule has 0 radical (unpaired) electrons. The summed E-state index contributed by atoms with van der Waals surface area (Å²) in [6.45, 7) is 2.80. The lowest BCUT2D eigenvalue weighted by atomic mass is 10.1. The van der Waals surface area contributed by atoms with Crippen molar-refractivity contribution < 1.29 is 4.74 Å². The highest BCUT2D eigenvalue weighted by Crippen LogP contribution is 2.06. The van der Waals surface area contributed by atoms with E-state index < -0.39 is 0 Å². The first-order chi connectivity index (χ1) is 7.77. The van der Waals surface area contributed by atoms with Gasteiger partial charge in [0.15, 0.2) is 0 Å². The van der Waals surface area contributed by atoms with E-state index in [0.29, 0.717) is 19.6 Å². The summed E-state index contributed by atoms with van der Waals surface area (Å²) in [4.78, 5) is 2.69. The number of hydrogen-bond acceptors (Lipinski definition) is 3. The van der Waals surface area contributed by atoms with Gasteiger partial charge in [-0.3, -0.25) is 5.41 Å². The van der Waals surface area contributed by atoms with Gasteiger partial charge in [-0.25, -0.2) is 0 Å². The van der Waals surface area contributed by atoms with Crippen molar-refractivity contribution in [2.24, 2.45) is 5.11 Å². The van der Waals surface area contributed by atoms with Gasteiger partial charge in [-0.05, 0) is 36.6 Å². The Bertz CT molecular complexity index is 393. The normalized spacial score (nSPS) is 9.31. The van der Waals surface area contributed by atoms with Gasteiger partial charge < -0.3 is 4.74 Å². The number of azide groups is 1. The van der Waals surface area contributed by atoms with Crippen LogP contribution in [0.2, 0.25) is 0 Å². The molecule has 0 saturated carbocycles. The summed E-state index contributed by atoms with van der Waals surface area (Å²) >= 11 is 0. The van der Waals surface area contributed by atoms with Crippen molar-refractivity contribution in [3.8, 4) is 0 Å². The minimum absolute atomic E-state index is 0.184. The summed E-state index contributed by atoms with van der Waals surface area (Å²) < 4.78 is 5.08. The number of rotatable bonds is 5. The quantitative estimate of drug-likeness (QED) is 0.266. The lowest BCUT2D eigenvalue weighted by Gasteiger charge is -2.05. The predicted octanol–water partition coefficient (Wildman–Crippen LogP) is 2.90. The van der Waals surface area contributed by atoms with Gasteiger partial charge in [0, 0.05) is 17.0 Å². The Hall–Kier alpha value is -2.00. The van der Waals surface area contributed by atoms with E-state index >= 15 is 0 Å². The van der Waals surface area contributed by atoms with Crippen LogP contribution < -0.4 is 0 Å². The molecule has 16 heavy (non-hydrogen) atoms. The van der Waals surface area contributed by atoms with Crippen LogP contribution in [0.3, 0.4) is 0 Å². The first kappa shape index (κ1) is 12.1. The summed E-state index contributed by atoms with van der Waals surface area (Å²) in [6.07, 6.45) is 0.715. The van der Waals surface area contributed by atoms with Gasteiger partial charge in [0.2, 0.25) is 5.90 Å². The van der Waals surface area contributed by atoms with Gasteiger partial charge in [-0.15, -0.1) is 0 Å². The van der Waals surface area contributed by atoms with Gasteiger partial charge in [-0.1, -0.05) is 17.2 Å². The van der Waals surface area contributed by atoms with Crippen molar-refractivity contribution in [3.63, 3.8) is 0 Å². The third kappa shape index (κ3) is 3.63. The summed E-state index contributed by atoms with van der Waals surface area (Å²) in [5, 5.41) is 11.0. The maximum atomic E-state index is 8.13. The van der Waals surface area contributed by atoms with Crippen molar-refractivity contribution in [1.82, 2.24) is 0 Å². The van der Waals surface area contributed by atoms with Crippen LogP contribution >= 0.6 is 0 Å². The van der Waals surface area contributed by atoms with Gasteiger partial charge in [0.25, 0.3) is 0 Å². The molecule has 0 unspecified atom stereocenters. The maximum Gasteiger partial charge on any atom is 0.213 e. The lowest BCUT2D eigenvalue weighted by molar-refractivity contribution is 0.325. The highest BCUT2D eigenvalue weighted by atomic mass is 16.5. The molecule has 84 valence electrons. The molecule has 1 aromatic rings. The summed E-state index contributed by atoms with van der Waals surface area (Å²) in [6, 6.07) is 7.50. The molecule has 0 saturated heterocycles. The van der Waals surface area contributed by atoms with Crippen molar-refractivity contribution in [2.45, 2.75) is 13.3 Å². The van der Waals surface area contributed by atoms with Crippen LogP contribution in [0.1, 0.15) is 18.1 Å². The summed E-state index contributed by atoms with van der Waals surface area (Å²) in [5.41, 5.74) is 9.98. The molecule has 0 aliphatic heterocycles. The molecular weight excluding hydrogens is 204 g/mol. The molecule has 5 nitrogen and oxygen atoms in total. The number of nitrogens with zero attached hydrogens (tertiary/aromatic N) is 3. The van der Waals surface area contributed by atoms with Crippen molar-refractivity contribution in [1.29, 1.82) is 5.41 Å².